The van der Waals surface area contributed by atoms with Gasteiger partial charge in [0.1, 0.15) is 91.5 Å². The van der Waals surface area contributed by atoms with Crippen molar-refractivity contribution >= 4 is 43.6 Å². The van der Waals surface area contributed by atoms with Crippen LogP contribution < -0.4 is 28.4 Å². The summed E-state index contributed by atoms with van der Waals surface area (Å²) in [6.45, 7) is 10.7. The van der Waals surface area contributed by atoms with E-state index >= 15 is 0 Å². The topological polar surface area (TPSA) is 55.4 Å². The van der Waals surface area contributed by atoms with Crippen LogP contribution in [-0.4, -0.2) is 92.9 Å². The average Bonchev–Trinajstić information content (AvgIpc) is 4.14. The van der Waals surface area contributed by atoms with Gasteiger partial charge in [0, 0.05) is 41.5 Å². The van der Waals surface area contributed by atoms with Gasteiger partial charge in [-0.05, 0) is 159 Å². The molecular formula is C51H76O6S4+4. The summed E-state index contributed by atoms with van der Waals surface area (Å²) in [7, 11) is 6.91. The number of ether oxygens (including phenoxy) is 6. The highest BCUT2D eigenvalue weighted by molar-refractivity contribution is 7.98. The van der Waals surface area contributed by atoms with Gasteiger partial charge in [0.25, 0.3) is 0 Å². The van der Waals surface area contributed by atoms with Crippen molar-refractivity contribution in [3.8, 4) is 34.5 Å². The van der Waals surface area contributed by atoms with Crippen molar-refractivity contribution in [1.29, 1.82) is 0 Å². The smallest absolute Gasteiger partial charge is 0.151 e. The Labute approximate surface area is 381 Å². The molecular weight excluding hydrogens is 837 g/mol. The number of rotatable bonds is 22. The molecule has 4 aliphatic rings. The third kappa shape index (κ3) is 11.4. The van der Waals surface area contributed by atoms with E-state index in [2.05, 4.69) is 64.1 Å². The fourth-order valence-electron chi connectivity index (χ4n) is 10.1. The summed E-state index contributed by atoms with van der Waals surface area (Å²) in [6, 6.07) is 14.1. The van der Waals surface area contributed by atoms with Crippen molar-refractivity contribution in [2.45, 2.75) is 114 Å². The Kier molecular flexibility index (Phi) is 17.8. The predicted molar refractivity (Wildman–Crippen MR) is 268 cm³/mol. The van der Waals surface area contributed by atoms with E-state index in [-0.39, 0.29) is 27.0 Å². The number of aryl methyl sites for hydroxylation is 1. The summed E-state index contributed by atoms with van der Waals surface area (Å²) in [5.74, 6) is 17.8. The van der Waals surface area contributed by atoms with Gasteiger partial charge in [0.05, 0.1) is 52.3 Å². The molecule has 10 heteroatoms. The van der Waals surface area contributed by atoms with Crippen LogP contribution in [0.2, 0.25) is 0 Å². The van der Waals surface area contributed by atoms with E-state index in [1.807, 2.05) is 21.3 Å². The highest BCUT2D eigenvalue weighted by atomic mass is 32.2. The van der Waals surface area contributed by atoms with Gasteiger partial charge in [0.2, 0.25) is 0 Å². The van der Waals surface area contributed by atoms with E-state index in [1.165, 1.54) is 137 Å². The molecule has 0 aromatic heterocycles. The molecule has 4 heterocycles. The van der Waals surface area contributed by atoms with Crippen molar-refractivity contribution in [3.05, 3.63) is 69.8 Å². The Morgan fingerprint density at radius 1 is 0.443 bits per heavy atom. The first-order valence-corrected chi connectivity index (χ1v) is 30.1. The number of methoxy groups -OCH3 is 3. The van der Waals surface area contributed by atoms with Gasteiger partial charge in [-0.25, -0.2) is 0 Å². The van der Waals surface area contributed by atoms with Gasteiger partial charge in [-0.15, -0.1) is 0 Å². The van der Waals surface area contributed by atoms with E-state index in [1.54, 1.807) is 0 Å². The SMILES string of the molecule is CCOc1cc(CC(c2cc(OC)c(CC(c3cc(OC)c(CC[S+]4CCCC4)cc3OCC)[S+]3CCCC3)cc2OCC)[S+]2CCCC2)c(OC)cc1C(C)[S+]1CCCC1. The molecule has 3 atom stereocenters. The Bertz CT molecular complexity index is 1850. The maximum atomic E-state index is 6.73. The first-order valence-electron chi connectivity index (χ1n) is 23.5. The van der Waals surface area contributed by atoms with Crippen molar-refractivity contribution in [2.24, 2.45) is 0 Å². The maximum absolute atomic E-state index is 6.73. The number of benzene rings is 3. The fraction of sp³-hybridized carbons (Fsp3) is 0.647. The van der Waals surface area contributed by atoms with E-state index in [4.69, 9.17) is 28.4 Å². The van der Waals surface area contributed by atoms with Crippen molar-refractivity contribution in [2.75, 3.05) is 92.9 Å². The molecule has 3 unspecified atom stereocenters. The largest absolute Gasteiger partial charge is 0.496 e. The third-order valence-corrected chi connectivity index (χ3v) is 24.4. The summed E-state index contributed by atoms with van der Waals surface area (Å²) in [4.78, 5) is 0. The third-order valence-electron chi connectivity index (χ3n) is 13.4. The molecule has 4 saturated heterocycles. The van der Waals surface area contributed by atoms with E-state index < -0.39 is 0 Å². The van der Waals surface area contributed by atoms with Crippen molar-refractivity contribution < 1.29 is 28.4 Å². The molecule has 7 rings (SSSR count). The molecule has 0 amide bonds. The minimum absolute atomic E-state index is 0.200. The quantitative estimate of drug-likeness (QED) is 0.0937. The molecule has 4 fully saturated rings. The average molecular weight is 913 g/mol. The molecule has 0 aliphatic carbocycles. The second-order valence-corrected chi connectivity index (χ2v) is 27.0. The lowest BCUT2D eigenvalue weighted by atomic mass is 9.95. The zero-order chi connectivity index (χ0) is 42.7. The van der Waals surface area contributed by atoms with Gasteiger partial charge in [-0.2, -0.15) is 0 Å². The highest BCUT2D eigenvalue weighted by Crippen LogP contribution is 2.48. The molecule has 3 aromatic rings. The molecule has 0 spiro atoms. The minimum atomic E-state index is 0.200. The summed E-state index contributed by atoms with van der Waals surface area (Å²) in [6.07, 6.45) is 13.4. The van der Waals surface area contributed by atoms with E-state index in [0.29, 0.717) is 52.1 Å². The highest BCUT2D eigenvalue weighted by Gasteiger charge is 2.42. The van der Waals surface area contributed by atoms with Crippen LogP contribution in [0.25, 0.3) is 0 Å². The van der Waals surface area contributed by atoms with Gasteiger partial charge < -0.3 is 28.4 Å². The molecule has 0 bridgehead atoms. The molecule has 0 radical (unpaired) electrons. The molecule has 4 aliphatic heterocycles. The lowest BCUT2D eigenvalue weighted by molar-refractivity contribution is 0.332. The standard InChI is InChI=1S/C51H76O6S4/c1-8-55-47-30-39(45(53-6)34-41(47)37(4)59-22-13-14-23-59)32-51(61-26-17-18-27-61)43-36-46(54-7)40(31-49(43)57-10-3)33-50(60-24-15-16-25-60)42-35-44(52-5)38(29-48(42)56-9-2)19-28-58-20-11-12-21-58/h29-31,34-37,50-51H,8-28,32-33H2,1-7H3/q+4. The van der Waals surface area contributed by atoms with Crippen LogP contribution in [0.3, 0.4) is 0 Å². The summed E-state index contributed by atoms with van der Waals surface area (Å²) < 4.78 is 38.7. The van der Waals surface area contributed by atoms with Gasteiger partial charge in [-0.1, -0.05) is 0 Å². The maximum Gasteiger partial charge on any atom is 0.151 e. The molecule has 336 valence electrons. The Balaban J connectivity index is 1.26. The van der Waals surface area contributed by atoms with Crippen molar-refractivity contribution in [1.82, 2.24) is 0 Å². The van der Waals surface area contributed by atoms with Crippen LogP contribution in [0.4, 0.5) is 0 Å². The second-order valence-electron chi connectivity index (χ2n) is 17.1. The zero-order valence-corrected chi connectivity index (χ0v) is 41.8. The Morgan fingerprint density at radius 3 is 1.23 bits per heavy atom. The minimum Gasteiger partial charge on any atom is -0.496 e. The van der Waals surface area contributed by atoms with Crippen LogP contribution in [0, 0.1) is 0 Å². The Hall–Kier alpha value is -2.14. The molecule has 3 aromatic carbocycles. The van der Waals surface area contributed by atoms with E-state index in [0.717, 1.165) is 53.8 Å². The predicted octanol–water partition coefficient (Wildman–Crippen LogP) is 10.7. The van der Waals surface area contributed by atoms with E-state index in [9.17, 15) is 0 Å². The monoisotopic (exact) mass is 912 g/mol. The van der Waals surface area contributed by atoms with Gasteiger partial charge >= 0.3 is 0 Å². The molecule has 0 saturated carbocycles. The van der Waals surface area contributed by atoms with Gasteiger partial charge in [0.15, 0.2) is 10.5 Å². The fourth-order valence-corrected chi connectivity index (χ4v) is 20.8. The number of hydrogen-bond acceptors (Lipinski definition) is 6. The molecule has 61 heavy (non-hydrogen) atoms. The lowest BCUT2D eigenvalue weighted by Crippen LogP contribution is -2.21. The van der Waals surface area contributed by atoms with Crippen molar-refractivity contribution in [3.63, 3.8) is 0 Å². The summed E-state index contributed by atoms with van der Waals surface area (Å²) >= 11 is 0. The first kappa shape index (κ1) is 46.8. The van der Waals surface area contributed by atoms with Crippen LogP contribution in [0.1, 0.15) is 128 Å². The van der Waals surface area contributed by atoms with Crippen LogP contribution in [-0.2, 0) is 62.8 Å². The molecule has 6 nitrogen and oxygen atoms in total. The van der Waals surface area contributed by atoms with Crippen LogP contribution >= 0.6 is 0 Å². The summed E-state index contributed by atoms with van der Waals surface area (Å²) in [5, 5.41) is 1.06. The summed E-state index contributed by atoms with van der Waals surface area (Å²) in [5.41, 5.74) is 7.65. The molecule has 0 N–H and O–H groups in total. The van der Waals surface area contributed by atoms with Crippen LogP contribution in [0.15, 0.2) is 36.4 Å². The lowest BCUT2D eigenvalue weighted by Gasteiger charge is -2.25. The normalized spacial score (nSPS) is 19.3. The first-order chi connectivity index (χ1) is 29.9. The second kappa shape index (κ2) is 23.2. The zero-order valence-electron chi connectivity index (χ0n) is 38.5. The van der Waals surface area contributed by atoms with Crippen LogP contribution in [0.5, 0.6) is 34.5 Å². The number of hydrogen-bond donors (Lipinski definition) is 0. The Morgan fingerprint density at radius 2 is 0.803 bits per heavy atom. The van der Waals surface area contributed by atoms with Gasteiger partial charge in [-0.3, -0.25) is 0 Å².